The summed E-state index contributed by atoms with van der Waals surface area (Å²) < 4.78 is 7.31. The monoisotopic (exact) mass is 301 g/mol. The lowest BCUT2D eigenvalue weighted by Crippen LogP contribution is -2.45. The Hall–Kier alpha value is -1.95. The van der Waals surface area contributed by atoms with E-state index in [0.717, 1.165) is 30.1 Å². The van der Waals surface area contributed by atoms with Crippen LogP contribution in [0.3, 0.4) is 0 Å². The van der Waals surface area contributed by atoms with Crippen molar-refractivity contribution in [2.75, 3.05) is 21.2 Å². The minimum Gasteiger partial charge on any atom is -0.494 e. The van der Waals surface area contributed by atoms with Crippen LogP contribution in [0.25, 0.3) is 5.69 Å². The summed E-state index contributed by atoms with van der Waals surface area (Å²) in [5.74, 6) is 1.68. The van der Waals surface area contributed by atoms with Crippen LogP contribution in [0.1, 0.15) is 37.9 Å². The van der Waals surface area contributed by atoms with Crippen LogP contribution in [-0.4, -0.2) is 46.3 Å². The van der Waals surface area contributed by atoms with Crippen molar-refractivity contribution in [2.24, 2.45) is 0 Å². The van der Waals surface area contributed by atoms with Crippen LogP contribution in [0, 0.1) is 0 Å². The summed E-state index contributed by atoms with van der Waals surface area (Å²) in [6.07, 6.45) is 5.85. The van der Waals surface area contributed by atoms with Gasteiger partial charge in [0.2, 0.25) is 0 Å². The number of para-hydroxylation sites is 2. The third-order valence-electron chi connectivity index (χ3n) is 4.74. The van der Waals surface area contributed by atoms with E-state index in [1.165, 1.54) is 19.3 Å². The second-order valence-corrected chi connectivity index (χ2v) is 6.07. The van der Waals surface area contributed by atoms with E-state index >= 15 is 0 Å². The minimum atomic E-state index is -0.109. The second kappa shape index (κ2) is 6.04. The van der Waals surface area contributed by atoms with Gasteiger partial charge >= 0.3 is 0 Å². The lowest BCUT2D eigenvalue weighted by molar-refractivity contribution is 0.0864. The molecule has 2 aromatic rings. The van der Waals surface area contributed by atoms with Crippen molar-refractivity contribution in [3.63, 3.8) is 0 Å². The Morgan fingerprint density at radius 2 is 1.86 bits per heavy atom. The average molecular weight is 301 g/mol. The molecule has 0 atom stereocenters. The molecular weight excluding hydrogens is 278 g/mol. The number of aromatic nitrogens is 4. The highest BCUT2D eigenvalue weighted by Gasteiger charge is 2.41. The Morgan fingerprint density at radius 1 is 1.14 bits per heavy atom. The van der Waals surface area contributed by atoms with Crippen LogP contribution < -0.4 is 4.74 Å². The largest absolute Gasteiger partial charge is 0.494 e. The van der Waals surface area contributed by atoms with Gasteiger partial charge in [-0.25, -0.2) is 0 Å². The Balaban J connectivity index is 2.11. The fourth-order valence-corrected chi connectivity index (χ4v) is 3.45. The molecule has 0 amide bonds. The quantitative estimate of drug-likeness (QED) is 0.868. The fourth-order valence-electron chi connectivity index (χ4n) is 3.45. The predicted molar refractivity (Wildman–Crippen MR) is 84.2 cm³/mol. The normalized spacial score (nSPS) is 17.6. The molecule has 1 heterocycles. The lowest BCUT2D eigenvalue weighted by atomic mass is 9.80. The smallest absolute Gasteiger partial charge is 0.177 e. The standard InChI is InChI=1S/C16H23N5O/c1-20(2)16(11-7-4-8-12-16)15-17-18-19-21(15)13-9-5-6-10-14(13)22-3/h5-6,9-10H,4,7-8,11-12H2,1-3H3. The lowest BCUT2D eigenvalue weighted by Gasteiger charge is -2.41. The molecule has 1 fully saturated rings. The van der Waals surface area contributed by atoms with E-state index in [2.05, 4.69) is 34.5 Å². The zero-order chi connectivity index (χ0) is 15.6. The van der Waals surface area contributed by atoms with Crippen molar-refractivity contribution in [2.45, 2.75) is 37.6 Å². The molecule has 0 saturated heterocycles. The molecule has 0 bridgehead atoms. The molecule has 0 aliphatic heterocycles. The van der Waals surface area contributed by atoms with Gasteiger partial charge in [0.1, 0.15) is 11.4 Å². The average Bonchev–Trinajstić information content (AvgIpc) is 3.05. The van der Waals surface area contributed by atoms with Gasteiger partial charge in [-0.3, -0.25) is 4.90 Å². The highest BCUT2D eigenvalue weighted by molar-refractivity contribution is 5.46. The molecule has 1 aromatic heterocycles. The molecule has 22 heavy (non-hydrogen) atoms. The van der Waals surface area contributed by atoms with Crippen molar-refractivity contribution in [3.05, 3.63) is 30.1 Å². The Kier molecular flexibility index (Phi) is 4.11. The SMILES string of the molecule is COc1ccccc1-n1nnnc1C1(N(C)C)CCCCC1. The highest BCUT2D eigenvalue weighted by Crippen LogP contribution is 2.40. The van der Waals surface area contributed by atoms with E-state index in [1.807, 2.05) is 28.9 Å². The van der Waals surface area contributed by atoms with E-state index in [1.54, 1.807) is 7.11 Å². The fraction of sp³-hybridized carbons (Fsp3) is 0.562. The molecule has 1 saturated carbocycles. The molecular formula is C16H23N5O. The van der Waals surface area contributed by atoms with Gasteiger partial charge in [0.25, 0.3) is 0 Å². The molecule has 6 heteroatoms. The molecule has 1 aromatic carbocycles. The van der Waals surface area contributed by atoms with Gasteiger partial charge in [-0.2, -0.15) is 4.68 Å². The number of rotatable bonds is 4. The maximum absolute atomic E-state index is 5.47. The third-order valence-corrected chi connectivity index (χ3v) is 4.74. The van der Waals surface area contributed by atoms with Crippen molar-refractivity contribution >= 4 is 0 Å². The number of methoxy groups -OCH3 is 1. The predicted octanol–water partition coefficient (Wildman–Crippen LogP) is 2.39. The molecule has 0 N–H and O–H groups in total. The number of ether oxygens (including phenoxy) is 1. The van der Waals surface area contributed by atoms with Crippen LogP contribution in [0.5, 0.6) is 5.75 Å². The van der Waals surface area contributed by atoms with Gasteiger partial charge in [-0.15, -0.1) is 5.10 Å². The summed E-state index contributed by atoms with van der Waals surface area (Å²) in [6, 6.07) is 7.86. The van der Waals surface area contributed by atoms with Gasteiger partial charge in [0.15, 0.2) is 5.82 Å². The molecule has 3 rings (SSSR count). The molecule has 0 spiro atoms. The molecule has 1 aliphatic rings. The number of benzene rings is 1. The first-order valence-corrected chi connectivity index (χ1v) is 7.79. The van der Waals surface area contributed by atoms with Gasteiger partial charge in [0.05, 0.1) is 12.6 Å². The topological polar surface area (TPSA) is 56.1 Å². The van der Waals surface area contributed by atoms with Crippen molar-refractivity contribution < 1.29 is 4.74 Å². The summed E-state index contributed by atoms with van der Waals surface area (Å²) in [5.41, 5.74) is 0.777. The van der Waals surface area contributed by atoms with E-state index in [-0.39, 0.29) is 5.54 Å². The zero-order valence-electron chi connectivity index (χ0n) is 13.5. The van der Waals surface area contributed by atoms with Gasteiger partial charge in [-0.1, -0.05) is 31.4 Å². The van der Waals surface area contributed by atoms with Crippen molar-refractivity contribution in [3.8, 4) is 11.4 Å². The zero-order valence-corrected chi connectivity index (χ0v) is 13.5. The van der Waals surface area contributed by atoms with Crippen molar-refractivity contribution in [1.29, 1.82) is 0 Å². The minimum absolute atomic E-state index is 0.109. The summed E-state index contributed by atoms with van der Waals surface area (Å²) in [5, 5.41) is 12.6. The molecule has 0 radical (unpaired) electrons. The van der Waals surface area contributed by atoms with E-state index in [0.29, 0.717) is 0 Å². The van der Waals surface area contributed by atoms with E-state index in [9.17, 15) is 0 Å². The van der Waals surface area contributed by atoms with E-state index < -0.39 is 0 Å². The molecule has 1 aliphatic carbocycles. The molecule has 6 nitrogen and oxygen atoms in total. The summed E-state index contributed by atoms with van der Waals surface area (Å²) in [6.45, 7) is 0. The Bertz CT molecular complexity index is 631. The summed E-state index contributed by atoms with van der Waals surface area (Å²) in [7, 11) is 5.91. The van der Waals surface area contributed by atoms with Crippen LogP contribution >= 0.6 is 0 Å². The number of hydrogen-bond donors (Lipinski definition) is 0. The third kappa shape index (κ3) is 2.37. The first kappa shape index (κ1) is 15.0. The first-order valence-electron chi connectivity index (χ1n) is 7.79. The number of nitrogens with zero attached hydrogens (tertiary/aromatic N) is 5. The number of hydrogen-bond acceptors (Lipinski definition) is 5. The maximum atomic E-state index is 5.47. The molecule has 0 unspecified atom stereocenters. The summed E-state index contributed by atoms with van der Waals surface area (Å²) in [4.78, 5) is 2.27. The molecule has 118 valence electrons. The van der Waals surface area contributed by atoms with Crippen LogP contribution in [0.4, 0.5) is 0 Å². The van der Waals surface area contributed by atoms with Crippen molar-refractivity contribution in [1.82, 2.24) is 25.1 Å². The second-order valence-electron chi connectivity index (χ2n) is 6.07. The Labute approximate surface area is 131 Å². The van der Waals surface area contributed by atoms with E-state index in [4.69, 9.17) is 4.74 Å². The highest BCUT2D eigenvalue weighted by atomic mass is 16.5. The van der Waals surface area contributed by atoms with Crippen LogP contribution in [-0.2, 0) is 5.54 Å². The number of tetrazole rings is 1. The van der Waals surface area contributed by atoms with Gasteiger partial charge in [-0.05, 0) is 49.5 Å². The van der Waals surface area contributed by atoms with Crippen LogP contribution in [0.2, 0.25) is 0 Å². The first-order chi connectivity index (χ1) is 10.7. The van der Waals surface area contributed by atoms with Crippen LogP contribution in [0.15, 0.2) is 24.3 Å². The van der Waals surface area contributed by atoms with Gasteiger partial charge < -0.3 is 4.74 Å². The Morgan fingerprint density at radius 3 is 2.55 bits per heavy atom. The van der Waals surface area contributed by atoms with Gasteiger partial charge in [0, 0.05) is 0 Å². The summed E-state index contributed by atoms with van der Waals surface area (Å²) >= 11 is 0. The maximum Gasteiger partial charge on any atom is 0.177 e.